The molecule has 3 saturated heterocycles. The van der Waals surface area contributed by atoms with E-state index in [1.54, 1.807) is 34.1 Å². The standard InChI is InChI=1S/C35H58N4O7/c1-22-15-35(6,43-10)31(46-32-29(40)27(37(7)8)14-23(2)45-32)24(3)30(41)34(4,5)33(42)44-21-28(38(9)17-22)26-19-39(20-26)18-25-12-11-13-36-16-25/h11-13,16,22-24,26-29,31-32,40H,14-15,17-21H2,1-10H3/t22-,23-,24+,27+,28+,29-,31-,32+,35-/m1/s1. The van der Waals surface area contributed by atoms with Crippen molar-refractivity contribution in [3.63, 3.8) is 0 Å². The Balaban J connectivity index is 1.59. The van der Waals surface area contributed by atoms with Crippen LogP contribution in [0, 0.1) is 23.2 Å². The van der Waals surface area contributed by atoms with Gasteiger partial charge in [-0.05, 0) is 79.2 Å². The Morgan fingerprint density at radius 2 is 1.83 bits per heavy atom. The maximum atomic E-state index is 14.2. The lowest BCUT2D eigenvalue weighted by Crippen LogP contribution is -2.59. The van der Waals surface area contributed by atoms with Crippen molar-refractivity contribution in [1.82, 2.24) is 19.7 Å². The van der Waals surface area contributed by atoms with Gasteiger partial charge in [-0.15, -0.1) is 0 Å². The normalized spacial score (nSPS) is 37.6. The van der Waals surface area contributed by atoms with Crippen molar-refractivity contribution < 1.29 is 33.6 Å². The molecule has 46 heavy (non-hydrogen) atoms. The topological polar surface area (TPSA) is 114 Å². The van der Waals surface area contributed by atoms with E-state index in [1.807, 2.05) is 45.1 Å². The summed E-state index contributed by atoms with van der Waals surface area (Å²) in [6.45, 7) is 14.7. The van der Waals surface area contributed by atoms with Crippen molar-refractivity contribution in [3.05, 3.63) is 30.1 Å². The van der Waals surface area contributed by atoms with E-state index < -0.39 is 41.4 Å². The van der Waals surface area contributed by atoms with E-state index >= 15 is 0 Å². The number of hydrogen-bond acceptors (Lipinski definition) is 11. The maximum absolute atomic E-state index is 14.2. The largest absolute Gasteiger partial charge is 0.463 e. The SMILES string of the molecule is CO[C@]1(C)C[C@@H](C)CN(C)[C@H](C2CN(Cc3cccnc3)C2)COC(=O)C(C)(C)C(=O)[C@H](C)[C@H]1O[C@@H]1O[C@H](C)C[C@H](N(C)C)[C@H]1O. The quantitative estimate of drug-likeness (QED) is 0.349. The molecule has 11 heteroatoms. The molecule has 3 fully saturated rings. The average Bonchev–Trinajstić information content (AvgIpc) is 2.98. The summed E-state index contributed by atoms with van der Waals surface area (Å²) in [7, 11) is 7.58. The van der Waals surface area contributed by atoms with Crippen molar-refractivity contribution in [3.8, 4) is 0 Å². The van der Waals surface area contributed by atoms with Crippen LogP contribution in [0.25, 0.3) is 0 Å². The van der Waals surface area contributed by atoms with Crippen molar-refractivity contribution in [2.45, 2.75) is 103 Å². The number of esters is 1. The summed E-state index contributed by atoms with van der Waals surface area (Å²) in [5, 5.41) is 11.3. The molecule has 0 radical (unpaired) electrons. The van der Waals surface area contributed by atoms with Crippen molar-refractivity contribution in [2.75, 3.05) is 54.5 Å². The summed E-state index contributed by atoms with van der Waals surface area (Å²) in [6, 6.07) is 3.86. The van der Waals surface area contributed by atoms with Crippen LogP contribution in [0.3, 0.4) is 0 Å². The molecule has 260 valence electrons. The molecule has 0 unspecified atom stereocenters. The van der Waals surface area contributed by atoms with E-state index in [-0.39, 0.29) is 36.5 Å². The van der Waals surface area contributed by atoms with Gasteiger partial charge in [0.15, 0.2) is 12.1 Å². The van der Waals surface area contributed by atoms with Crippen molar-refractivity contribution >= 4 is 11.8 Å². The highest BCUT2D eigenvalue weighted by Crippen LogP contribution is 2.38. The number of likely N-dealkylation sites (N-methyl/N-ethyl adjacent to an activating group) is 2. The minimum absolute atomic E-state index is 0.00304. The molecule has 0 aliphatic carbocycles. The van der Waals surface area contributed by atoms with Crippen molar-refractivity contribution in [1.29, 1.82) is 0 Å². The number of Topliss-reactive ketones (excluding diaryl/α,β-unsaturated/α-hetero) is 1. The Kier molecular flexibility index (Phi) is 12.1. The lowest BCUT2D eigenvalue weighted by Gasteiger charge is -2.47. The summed E-state index contributed by atoms with van der Waals surface area (Å²) in [5.74, 6) is -1.14. The number of aliphatic hydroxyl groups is 1. The van der Waals surface area contributed by atoms with Gasteiger partial charge in [0.25, 0.3) is 0 Å². The van der Waals surface area contributed by atoms with Crippen LogP contribution in [0.4, 0.5) is 0 Å². The summed E-state index contributed by atoms with van der Waals surface area (Å²) < 4.78 is 25.0. The van der Waals surface area contributed by atoms with Gasteiger partial charge in [-0.2, -0.15) is 0 Å². The first-order chi connectivity index (χ1) is 21.6. The molecule has 3 aliphatic heterocycles. The van der Waals surface area contributed by atoms with Gasteiger partial charge in [-0.25, -0.2) is 0 Å². The molecule has 0 aromatic carbocycles. The van der Waals surface area contributed by atoms with E-state index in [2.05, 4.69) is 34.8 Å². The molecule has 4 heterocycles. The minimum Gasteiger partial charge on any atom is -0.463 e. The number of pyridine rings is 1. The number of ether oxygens (including phenoxy) is 4. The number of aromatic nitrogens is 1. The summed E-state index contributed by atoms with van der Waals surface area (Å²) in [5.41, 5.74) is -1.17. The number of likely N-dealkylation sites (tertiary alicyclic amines) is 1. The van der Waals surface area contributed by atoms with Gasteiger partial charge in [-0.3, -0.25) is 24.4 Å². The lowest BCUT2D eigenvalue weighted by molar-refractivity contribution is -0.295. The molecule has 11 nitrogen and oxygen atoms in total. The van der Waals surface area contributed by atoms with E-state index in [0.717, 1.165) is 26.2 Å². The van der Waals surface area contributed by atoms with E-state index in [9.17, 15) is 14.7 Å². The Morgan fingerprint density at radius 3 is 2.43 bits per heavy atom. The number of hydrogen-bond donors (Lipinski definition) is 1. The first kappa shape index (κ1) is 36.8. The third kappa shape index (κ3) is 8.17. The van der Waals surface area contributed by atoms with Crippen LogP contribution < -0.4 is 0 Å². The van der Waals surface area contributed by atoms with Crippen molar-refractivity contribution in [2.24, 2.45) is 23.2 Å². The Labute approximate surface area is 275 Å². The van der Waals surface area contributed by atoms with Crippen LogP contribution in [0.2, 0.25) is 0 Å². The third-order valence-electron chi connectivity index (χ3n) is 10.6. The van der Waals surface area contributed by atoms with E-state index in [1.165, 1.54) is 5.56 Å². The second-order valence-corrected chi connectivity index (χ2v) is 15.2. The number of carbonyl (C=O) groups excluding carboxylic acids is 2. The minimum atomic E-state index is -1.42. The molecule has 0 amide bonds. The number of carbonyl (C=O) groups is 2. The fourth-order valence-corrected chi connectivity index (χ4v) is 7.79. The zero-order valence-corrected chi connectivity index (χ0v) is 29.6. The number of ketones is 1. The second kappa shape index (κ2) is 15.1. The molecule has 1 aromatic heterocycles. The first-order valence-electron chi connectivity index (χ1n) is 16.8. The Morgan fingerprint density at radius 1 is 1.13 bits per heavy atom. The molecule has 0 spiro atoms. The summed E-state index contributed by atoms with van der Waals surface area (Å²) in [4.78, 5) is 38.8. The van der Waals surface area contributed by atoms with Gasteiger partial charge in [-0.1, -0.05) is 19.9 Å². The molecular weight excluding hydrogens is 588 g/mol. The first-order valence-corrected chi connectivity index (χ1v) is 16.8. The van der Waals surface area contributed by atoms with Gasteiger partial charge >= 0.3 is 5.97 Å². The van der Waals surface area contributed by atoms with Crippen LogP contribution in [0.1, 0.15) is 59.9 Å². The van der Waals surface area contributed by atoms with Crippen LogP contribution >= 0.6 is 0 Å². The van der Waals surface area contributed by atoms with Gasteiger partial charge in [0.2, 0.25) is 0 Å². The monoisotopic (exact) mass is 646 g/mol. The fraction of sp³-hybridized carbons (Fsp3) is 0.800. The fourth-order valence-electron chi connectivity index (χ4n) is 7.79. The average molecular weight is 647 g/mol. The van der Waals surface area contributed by atoms with Crippen LogP contribution in [-0.4, -0.2) is 133 Å². The third-order valence-corrected chi connectivity index (χ3v) is 10.6. The molecule has 1 N–H and O–H groups in total. The zero-order valence-electron chi connectivity index (χ0n) is 29.6. The van der Waals surface area contributed by atoms with Gasteiger partial charge < -0.3 is 29.0 Å². The number of nitrogens with zero attached hydrogens (tertiary/aromatic N) is 4. The summed E-state index contributed by atoms with van der Waals surface area (Å²) >= 11 is 0. The summed E-state index contributed by atoms with van der Waals surface area (Å²) in [6.07, 6.45) is 2.07. The predicted octanol–water partition coefficient (Wildman–Crippen LogP) is 2.84. The molecule has 0 saturated carbocycles. The molecule has 9 atom stereocenters. The van der Waals surface area contributed by atoms with Gasteiger partial charge in [0.05, 0.1) is 17.8 Å². The molecule has 3 aliphatic rings. The smallest absolute Gasteiger partial charge is 0.319 e. The van der Waals surface area contributed by atoms with E-state index in [0.29, 0.717) is 18.8 Å². The molecular formula is C35H58N4O7. The second-order valence-electron chi connectivity index (χ2n) is 15.2. The molecule has 1 aromatic rings. The lowest BCUT2D eigenvalue weighted by atomic mass is 9.74. The number of aliphatic hydroxyl groups excluding tert-OH is 1. The Bertz CT molecular complexity index is 1160. The number of rotatable bonds is 7. The van der Waals surface area contributed by atoms with Gasteiger partial charge in [0, 0.05) is 69.6 Å². The van der Waals surface area contributed by atoms with E-state index in [4.69, 9.17) is 18.9 Å². The highest BCUT2D eigenvalue weighted by atomic mass is 16.7. The predicted molar refractivity (Wildman–Crippen MR) is 175 cm³/mol. The van der Waals surface area contributed by atoms with Crippen LogP contribution in [0.15, 0.2) is 24.5 Å². The maximum Gasteiger partial charge on any atom is 0.319 e. The Hall–Kier alpha value is -1.99. The zero-order chi connectivity index (χ0) is 34.0. The number of cyclic esters (lactones) is 1. The highest BCUT2D eigenvalue weighted by Gasteiger charge is 2.52. The molecule has 4 rings (SSSR count). The number of methoxy groups -OCH3 is 1. The van der Waals surface area contributed by atoms with Crippen LogP contribution in [0.5, 0.6) is 0 Å². The highest BCUT2D eigenvalue weighted by molar-refractivity contribution is 6.04. The van der Waals surface area contributed by atoms with Gasteiger partial charge in [0.1, 0.15) is 18.1 Å². The molecule has 0 bridgehead atoms. The van der Waals surface area contributed by atoms with Crippen LogP contribution in [-0.2, 0) is 35.1 Å².